The molecule has 0 saturated carbocycles. The van der Waals surface area contributed by atoms with Gasteiger partial charge in [0.25, 0.3) is 0 Å². The predicted octanol–water partition coefficient (Wildman–Crippen LogP) is 0.476. The van der Waals surface area contributed by atoms with Crippen LogP contribution in [0.1, 0.15) is 29.7 Å². The van der Waals surface area contributed by atoms with E-state index in [4.69, 9.17) is 5.11 Å². The lowest BCUT2D eigenvalue weighted by Crippen LogP contribution is -2.43. The van der Waals surface area contributed by atoms with Crippen molar-refractivity contribution < 1.29 is 15.3 Å². The van der Waals surface area contributed by atoms with Crippen LogP contribution in [0.4, 0.5) is 0 Å². The van der Waals surface area contributed by atoms with Crippen LogP contribution in [0.2, 0.25) is 0 Å². The summed E-state index contributed by atoms with van der Waals surface area (Å²) in [6.45, 7) is 5.12. The fourth-order valence-electron chi connectivity index (χ4n) is 3.08. The Morgan fingerprint density at radius 3 is 2.59 bits per heavy atom. The molecule has 0 amide bonds. The van der Waals surface area contributed by atoms with Crippen LogP contribution >= 0.6 is 0 Å². The van der Waals surface area contributed by atoms with Crippen molar-refractivity contribution >= 4 is 0 Å². The number of piperidine rings is 1. The molecule has 1 aromatic rings. The van der Waals surface area contributed by atoms with E-state index < -0.39 is 0 Å². The summed E-state index contributed by atoms with van der Waals surface area (Å²) >= 11 is 0. The quantitative estimate of drug-likeness (QED) is 0.709. The highest BCUT2D eigenvalue weighted by molar-refractivity contribution is 5.40. The van der Waals surface area contributed by atoms with Crippen LogP contribution in [-0.4, -0.2) is 69.4 Å². The molecule has 2 heterocycles. The number of aryl methyl sites for hydroxylation is 1. The molecule has 0 spiro atoms. The molecule has 0 aromatic carbocycles. The third-order valence-electron chi connectivity index (χ3n) is 4.62. The first-order chi connectivity index (χ1) is 10.6. The van der Waals surface area contributed by atoms with E-state index in [9.17, 15) is 10.2 Å². The molecular formula is C16H27N3O3. The number of hydrogen-bond acceptors (Lipinski definition) is 6. The predicted molar refractivity (Wildman–Crippen MR) is 84.6 cm³/mol. The van der Waals surface area contributed by atoms with Crippen LogP contribution in [0.3, 0.4) is 0 Å². The van der Waals surface area contributed by atoms with Crippen molar-refractivity contribution in [1.82, 2.24) is 14.8 Å². The van der Waals surface area contributed by atoms with Gasteiger partial charge in [0, 0.05) is 36.5 Å². The topological polar surface area (TPSA) is 80.1 Å². The molecule has 0 bridgehead atoms. The van der Waals surface area contributed by atoms with Crippen LogP contribution < -0.4 is 0 Å². The lowest BCUT2D eigenvalue weighted by atomic mass is 10.0. The molecular weight excluding hydrogens is 282 g/mol. The van der Waals surface area contributed by atoms with Crippen molar-refractivity contribution in [2.45, 2.75) is 39.0 Å². The van der Waals surface area contributed by atoms with Crippen LogP contribution in [-0.2, 0) is 13.2 Å². The summed E-state index contributed by atoms with van der Waals surface area (Å²) in [7, 11) is 2.05. The van der Waals surface area contributed by atoms with Gasteiger partial charge in [0.15, 0.2) is 0 Å². The molecule has 1 saturated heterocycles. The van der Waals surface area contributed by atoms with E-state index in [1.54, 1.807) is 13.1 Å². The molecule has 0 radical (unpaired) electrons. The molecule has 1 fully saturated rings. The Morgan fingerprint density at radius 2 is 2.00 bits per heavy atom. The average molecular weight is 309 g/mol. The lowest BCUT2D eigenvalue weighted by Gasteiger charge is -2.36. The molecule has 0 atom stereocenters. The van der Waals surface area contributed by atoms with Crippen molar-refractivity contribution in [3.63, 3.8) is 0 Å². The minimum absolute atomic E-state index is 0.105. The average Bonchev–Trinajstić information content (AvgIpc) is 2.53. The summed E-state index contributed by atoms with van der Waals surface area (Å²) < 4.78 is 0. The number of aliphatic hydroxyl groups excluding tert-OH is 2. The zero-order chi connectivity index (χ0) is 16.1. The number of likely N-dealkylation sites (N-methyl/N-ethyl adjacent to an activating group) is 1. The number of aliphatic hydroxyl groups is 2. The van der Waals surface area contributed by atoms with E-state index in [0.29, 0.717) is 30.4 Å². The fourth-order valence-corrected chi connectivity index (χ4v) is 3.08. The number of pyridine rings is 1. The van der Waals surface area contributed by atoms with Gasteiger partial charge in [-0.2, -0.15) is 0 Å². The van der Waals surface area contributed by atoms with Gasteiger partial charge in [-0.25, -0.2) is 0 Å². The molecule has 0 unspecified atom stereocenters. The van der Waals surface area contributed by atoms with E-state index in [-0.39, 0.29) is 19.0 Å². The molecule has 1 aliphatic heterocycles. The summed E-state index contributed by atoms with van der Waals surface area (Å²) in [4.78, 5) is 8.62. The van der Waals surface area contributed by atoms with Crippen molar-refractivity contribution in [2.75, 3.05) is 33.3 Å². The van der Waals surface area contributed by atoms with E-state index in [2.05, 4.69) is 21.8 Å². The van der Waals surface area contributed by atoms with Crippen LogP contribution in [0.15, 0.2) is 6.20 Å². The lowest BCUT2D eigenvalue weighted by molar-refractivity contribution is 0.107. The van der Waals surface area contributed by atoms with Gasteiger partial charge >= 0.3 is 0 Å². The Kier molecular flexibility index (Phi) is 6.14. The number of rotatable bonds is 6. The van der Waals surface area contributed by atoms with Crippen LogP contribution in [0.5, 0.6) is 5.75 Å². The van der Waals surface area contributed by atoms with E-state index in [1.165, 1.54) is 0 Å². The fraction of sp³-hybridized carbons (Fsp3) is 0.688. The smallest absolute Gasteiger partial charge is 0.141 e. The summed E-state index contributed by atoms with van der Waals surface area (Å²) in [6, 6.07) is 0.508. The SMILES string of the molecule is Cc1ncc(CO)c(CN2CCC(N(C)CCO)CC2)c1O. The second kappa shape index (κ2) is 7.87. The monoisotopic (exact) mass is 309 g/mol. The minimum Gasteiger partial charge on any atom is -0.506 e. The first-order valence-corrected chi connectivity index (χ1v) is 7.87. The molecule has 3 N–H and O–H groups in total. The maximum Gasteiger partial charge on any atom is 0.141 e. The molecule has 0 aliphatic carbocycles. The molecule has 22 heavy (non-hydrogen) atoms. The largest absolute Gasteiger partial charge is 0.506 e. The van der Waals surface area contributed by atoms with Crippen molar-refractivity contribution in [2.24, 2.45) is 0 Å². The van der Waals surface area contributed by atoms with Gasteiger partial charge in [-0.05, 0) is 39.9 Å². The van der Waals surface area contributed by atoms with E-state index in [0.717, 1.165) is 31.5 Å². The molecule has 124 valence electrons. The van der Waals surface area contributed by atoms with Gasteiger partial charge in [0.05, 0.1) is 18.9 Å². The Hall–Kier alpha value is -1.21. The summed E-state index contributed by atoms with van der Waals surface area (Å²) in [5.41, 5.74) is 2.09. The number of aromatic hydroxyl groups is 1. The number of nitrogens with zero attached hydrogens (tertiary/aromatic N) is 3. The zero-order valence-corrected chi connectivity index (χ0v) is 13.5. The highest BCUT2D eigenvalue weighted by Gasteiger charge is 2.23. The van der Waals surface area contributed by atoms with Crippen LogP contribution in [0.25, 0.3) is 0 Å². The van der Waals surface area contributed by atoms with Gasteiger partial charge in [-0.3, -0.25) is 9.88 Å². The Morgan fingerprint density at radius 1 is 1.32 bits per heavy atom. The summed E-state index contributed by atoms with van der Waals surface area (Å²) in [5.74, 6) is 0.200. The van der Waals surface area contributed by atoms with Gasteiger partial charge in [-0.15, -0.1) is 0 Å². The van der Waals surface area contributed by atoms with E-state index in [1.807, 2.05) is 0 Å². The first kappa shape index (κ1) is 17.1. The number of hydrogen-bond donors (Lipinski definition) is 3. The molecule has 6 heteroatoms. The second-order valence-electron chi connectivity index (χ2n) is 6.07. The van der Waals surface area contributed by atoms with Gasteiger partial charge < -0.3 is 20.2 Å². The Labute approximate surface area is 132 Å². The third kappa shape index (κ3) is 3.95. The minimum atomic E-state index is -0.105. The molecule has 6 nitrogen and oxygen atoms in total. The number of likely N-dealkylation sites (tertiary alicyclic amines) is 1. The molecule has 1 aromatic heterocycles. The normalized spacial score (nSPS) is 17.3. The van der Waals surface area contributed by atoms with Gasteiger partial charge in [-0.1, -0.05) is 0 Å². The van der Waals surface area contributed by atoms with E-state index >= 15 is 0 Å². The first-order valence-electron chi connectivity index (χ1n) is 7.87. The van der Waals surface area contributed by atoms with Crippen molar-refractivity contribution in [3.8, 4) is 5.75 Å². The summed E-state index contributed by atoms with van der Waals surface area (Å²) in [5, 5.41) is 28.7. The standard InChI is InChI=1S/C16H27N3O3/c1-12-16(22)15(13(11-21)9-17-12)10-19-5-3-14(4-6-19)18(2)7-8-20/h9,14,20-22H,3-8,10-11H2,1-2H3. The van der Waals surface area contributed by atoms with Crippen molar-refractivity contribution in [1.29, 1.82) is 0 Å². The summed E-state index contributed by atoms with van der Waals surface area (Å²) in [6.07, 6.45) is 3.75. The number of aromatic nitrogens is 1. The highest BCUT2D eigenvalue weighted by atomic mass is 16.3. The maximum atomic E-state index is 10.2. The third-order valence-corrected chi connectivity index (χ3v) is 4.62. The molecule has 2 rings (SSSR count). The highest BCUT2D eigenvalue weighted by Crippen LogP contribution is 2.27. The Balaban J connectivity index is 1.98. The van der Waals surface area contributed by atoms with Gasteiger partial charge in [0.2, 0.25) is 0 Å². The van der Waals surface area contributed by atoms with Crippen LogP contribution in [0, 0.1) is 6.92 Å². The maximum absolute atomic E-state index is 10.2. The van der Waals surface area contributed by atoms with Gasteiger partial charge in [0.1, 0.15) is 5.75 Å². The second-order valence-corrected chi connectivity index (χ2v) is 6.07. The molecule has 1 aliphatic rings. The Bertz CT molecular complexity index is 488. The van der Waals surface area contributed by atoms with Crippen molar-refractivity contribution in [3.05, 3.63) is 23.0 Å². The zero-order valence-electron chi connectivity index (χ0n) is 13.5.